The van der Waals surface area contributed by atoms with E-state index in [1.807, 2.05) is 47.4 Å². The second kappa shape index (κ2) is 8.61. The quantitative estimate of drug-likeness (QED) is 0.634. The lowest BCUT2D eigenvalue weighted by Gasteiger charge is -2.31. The van der Waals surface area contributed by atoms with E-state index in [-0.39, 0.29) is 6.03 Å². The molecule has 1 saturated heterocycles. The molecule has 156 valence electrons. The van der Waals surface area contributed by atoms with Crippen LogP contribution >= 0.6 is 0 Å². The molecule has 2 amide bonds. The predicted octanol–water partition coefficient (Wildman–Crippen LogP) is 5.11. The highest BCUT2D eigenvalue weighted by atomic mass is 16.5. The van der Waals surface area contributed by atoms with Crippen molar-refractivity contribution in [3.8, 4) is 17.0 Å². The van der Waals surface area contributed by atoms with Crippen molar-refractivity contribution in [2.24, 2.45) is 0 Å². The van der Waals surface area contributed by atoms with Crippen molar-refractivity contribution in [2.75, 3.05) is 25.5 Å². The van der Waals surface area contributed by atoms with Gasteiger partial charge in [-0.3, -0.25) is 5.10 Å². The van der Waals surface area contributed by atoms with Gasteiger partial charge in [-0.1, -0.05) is 18.2 Å². The standard InChI is InChI=1S/C24H28N4O2/c1-16-7-8-20(13-17(16)2)25-24(29)28-11-9-18(10-12-28)22-15-23(27-26-22)19-5-4-6-21(14-19)30-3/h4-8,13-15,18H,9-12H2,1-3H3,(H,25,29)(H,26,27). The average molecular weight is 405 g/mol. The van der Waals surface area contributed by atoms with E-state index in [2.05, 4.69) is 35.4 Å². The van der Waals surface area contributed by atoms with Gasteiger partial charge < -0.3 is 15.0 Å². The Bertz CT molecular complexity index is 1040. The van der Waals surface area contributed by atoms with E-state index >= 15 is 0 Å². The van der Waals surface area contributed by atoms with Gasteiger partial charge in [-0.2, -0.15) is 5.10 Å². The van der Waals surface area contributed by atoms with E-state index in [0.29, 0.717) is 5.92 Å². The Morgan fingerprint density at radius 3 is 2.63 bits per heavy atom. The largest absolute Gasteiger partial charge is 0.497 e. The molecular formula is C24H28N4O2. The molecule has 6 nitrogen and oxygen atoms in total. The molecule has 0 saturated carbocycles. The number of aryl methyl sites for hydroxylation is 2. The molecule has 0 bridgehead atoms. The third-order valence-electron chi connectivity index (χ3n) is 5.94. The number of aromatic amines is 1. The first kappa shape index (κ1) is 20.0. The van der Waals surface area contributed by atoms with Crippen molar-refractivity contribution in [3.63, 3.8) is 0 Å². The van der Waals surface area contributed by atoms with Crippen LogP contribution in [0.25, 0.3) is 11.3 Å². The van der Waals surface area contributed by atoms with Crippen molar-refractivity contribution in [2.45, 2.75) is 32.6 Å². The summed E-state index contributed by atoms with van der Waals surface area (Å²) in [5.41, 5.74) is 6.32. The molecule has 3 aromatic rings. The number of ether oxygens (including phenoxy) is 1. The van der Waals surface area contributed by atoms with E-state index < -0.39 is 0 Å². The summed E-state index contributed by atoms with van der Waals surface area (Å²) in [7, 11) is 1.67. The highest BCUT2D eigenvalue weighted by Gasteiger charge is 2.25. The summed E-state index contributed by atoms with van der Waals surface area (Å²) in [6.45, 7) is 5.59. The number of urea groups is 1. The number of hydrogen-bond acceptors (Lipinski definition) is 3. The fourth-order valence-corrected chi connectivity index (χ4v) is 3.89. The zero-order chi connectivity index (χ0) is 21.1. The van der Waals surface area contributed by atoms with Gasteiger partial charge in [-0.15, -0.1) is 0 Å². The van der Waals surface area contributed by atoms with Crippen LogP contribution in [0.3, 0.4) is 0 Å². The number of nitrogens with one attached hydrogen (secondary N) is 2. The molecule has 1 aliphatic rings. The number of likely N-dealkylation sites (tertiary alicyclic amines) is 1. The monoisotopic (exact) mass is 404 g/mol. The molecule has 30 heavy (non-hydrogen) atoms. The Hall–Kier alpha value is -3.28. The first-order chi connectivity index (χ1) is 14.5. The molecule has 0 radical (unpaired) electrons. The van der Waals surface area contributed by atoms with E-state index in [1.54, 1.807) is 7.11 Å². The topological polar surface area (TPSA) is 70.2 Å². The second-order valence-electron chi connectivity index (χ2n) is 7.93. The van der Waals surface area contributed by atoms with E-state index in [4.69, 9.17) is 4.74 Å². The summed E-state index contributed by atoms with van der Waals surface area (Å²) in [4.78, 5) is 14.5. The molecule has 0 spiro atoms. The van der Waals surface area contributed by atoms with Crippen LogP contribution < -0.4 is 10.1 Å². The van der Waals surface area contributed by atoms with Crippen LogP contribution in [0.5, 0.6) is 5.75 Å². The maximum atomic E-state index is 12.6. The van der Waals surface area contributed by atoms with Crippen molar-refractivity contribution >= 4 is 11.7 Å². The number of rotatable bonds is 4. The number of anilines is 1. The fourth-order valence-electron chi connectivity index (χ4n) is 3.89. The van der Waals surface area contributed by atoms with Gasteiger partial charge in [0.1, 0.15) is 5.75 Å². The molecule has 0 aliphatic carbocycles. The van der Waals surface area contributed by atoms with Gasteiger partial charge >= 0.3 is 6.03 Å². The first-order valence-corrected chi connectivity index (χ1v) is 10.4. The van der Waals surface area contributed by atoms with Crippen LogP contribution in [0.4, 0.5) is 10.5 Å². The first-order valence-electron chi connectivity index (χ1n) is 10.4. The highest BCUT2D eigenvalue weighted by molar-refractivity contribution is 5.89. The minimum absolute atomic E-state index is 0.0293. The highest BCUT2D eigenvalue weighted by Crippen LogP contribution is 2.30. The SMILES string of the molecule is COc1cccc(-c2cc(C3CCN(C(=O)Nc4ccc(C)c(C)c4)CC3)[nH]n2)c1. The normalized spacial score (nSPS) is 14.6. The maximum absolute atomic E-state index is 12.6. The predicted molar refractivity (Wildman–Crippen MR) is 119 cm³/mol. The van der Waals surface area contributed by atoms with Gasteiger partial charge in [0.15, 0.2) is 0 Å². The molecule has 2 heterocycles. The van der Waals surface area contributed by atoms with E-state index in [1.165, 1.54) is 11.1 Å². The Balaban J connectivity index is 1.36. The summed E-state index contributed by atoms with van der Waals surface area (Å²) in [6.07, 6.45) is 1.83. The van der Waals surface area contributed by atoms with E-state index in [0.717, 1.165) is 54.3 Å². The number of aromatic nitrogens is 2. The molecule has 2 N–H and O–H groups in total. The molecule has 2 aromatic carbocycles. The molecule has 0 unspecified atom stereocenters. The van der Waals surface area contributed by atoms with Crippen LogP contribution in [-0.4, -0.2) is 41.3 Å². The number of amides is 2. The number of piperidine rings is 1. The number of H-pyrrole nitrogens is 1. The lowest BCUT2D eigenvalue weighted by atomic mass is 9.93. The maximum Gasteiger partial charge on any atom is 0.321 e. The Morgan fingerprint density at radius 2 is 1.90 bits per heavy atom. The third-order valence-corrected chi connectivity index (χ3v) is 5.94. The Labute approximate surface area is 177 Å². The summed E-state index contributed by atoms with van der Waals surface area (Å²) >= 11 is 0. The molecule has 1 aliphatic heterocycles. The number of methoxy groups -OCH3 is 1. The zero-order valence-electron chi connectivity index (χ0n) is 17.7. The fraction of sp³-hybridized carbons (Fsp3) is 0.333. The molecule has 4 rings (SSSR count). The minimum Gasteiger partial charge on any atom is -0.497 e. The van der Waals surface area contributed by atoms with Crippen LogP contribution in [0, 0.1) is 13.8 Å². The number of carbonyl (C=O) groups excluding carboxylic acids is 1. The van der Waals surface area contributed by atoms with Gasteiger partial charge in [-0.05, 0) is 68.1 Å². The number of nitrogens with zero attached hydrogens (tertiary/aromatic N) is 2. The number of benzene rings is 2. The molecule has 1 fully saturated rings. The molecular weight excluding hydrogens is 376 g/mol. The number of carbonyl (C=O) groups is 1. The summed E-state index contributed by atoms with van der Waals surface area (Å²) < 4.78 is 5.31. The molecule has 0 atom stereocenters. The molecule has 1 aromatic heterocycles. The van der Waals surface area contributed by atoms with Crippen LogP contribution in [-0.2, 0) is 0 Å². The molecule has 6 heteroatoms. The van der Waals surface area contributed by atoms with E-state index in [9.17, 15) is 4.79 Å². The third kappa shape index (κ3) is 4.32. The smallest absolute Gasteiger partial charge is 0.321 e. The van der Waals surface area contributed by atoms with Crippen molar-refractivity contribution in [3.05, 3.63) is 65.4 Å². The van der Waals surface area contributed by atoms with Gasteiger partial charge in [-0.25, -0.2) is 4.79 Å². The number of hydrogen-bond donors (Lipinski definition) is 2. The van der Waals surface area contributed by atoms with Gasteiger partial charge in [0, 0.05) is 36.0 Å². The van der Waals surface area contributed by atoms with Gasteiger partial charge in [0.05, 0.1) is 12.8 Å². The van der Waals surface area contributed by atoms with Crippen molar-refractivity contribution < 1.29 is 9.53 Å². The Morgan fingerprint density at radius 1 is 1.10 bits per heavy atom. The summed E-state index contributed by atoms with van der Waals surface area (Å²) in [6, 6.07) is 16.0. The van der Waals surface area contributed by atoms with Crippen LogP contribution in [0.1, 0.15) is 35.6 Å². The Kier molecular flexibility index (Phi) is 5.74. The minimum atomic E-state index is -0.0293. The summed E-state index contributed by atoms with van der Waals surface area (Å²) in [5, 5.41) is 10.7. The lowest BCUT2D eigenvalue weighted by molar-refractivity contribution is 0.194. The average Bonchev–Trinajstić information content (AvgIpc) is 3.27. The zero-order valence-corrected chi connectivity index (χ0v) is 17.7. The summed E-state index contributed by atoms with van der Waals surface area (Å²) in [5.74, 6) is 1.20. The van der Waals surface area contributed by atoms with Gasteiger partial charge in [0.2, 0.25) is 0 Å². The van der Waals surface area contributed by atoms with Crippen LogP contribution in [0.15, 0.2) is 48.5 Å². The van der Waals surface area contributed by atoms with Gasteiger partial charge in [0.25, 0.3) is 0 Å². The lowest BCUT2D eigenvalue weighted by Crippen LogP contribution is -2.40. The van der Waals surface area contributed by atoms with Crippen LogP contribution in [0.2, 0.25) is 0 Å². The van der Waals surface area contributed by atoms with Crippen molar-refractivity contribution in [1.29, 1.82) is 0 Å². The second-order valence-corrected chi connectivity index (χ2v) is 7.93. The van der Waals surface area contributed by atoms with Crippen molar-refractivity contribution in [1.82, 2.24) is 15.1 Å².